The average Bonchev–Trinajstić information content (AvgIpc) is 3.21. The second kappa shape index (κ2) is 12.4. The molecule has 0 amide bonds. The first-order valence-electron chi connectivity index (χ1n) is 8.94. The van der Waals surface area contributed by atoms with E-state index in [1.807, 2.05) is 13.1 Å². The van der Waals surface area contributed by atoms with E-state index < -0.39 is 0 Å². The second-order valence-electron chi connectivity index (χ2n) is 6.46. The van der Waals surface area contributed by atoms with Gasteiger partial charge in [-0.05, 0) is 50.2 Å². The third-order valence-corrected chi connectivity index (χ3v) is 6.08. The molecule has 1 saturated carbocycles. The summed E-state index contributed by atoms with van der Waals surface area (Å²) in [6.07, 6.45) is 7.35. The van der Waals surface area contributed by atoms with E-state index in [0.717, 1.165) is 49.4 Å². The van der Waals surface area contributed by atoms with Gasteiger partial charge in [0, 0.05) is 38.2 Å². The Bertz CT molecular complexity index is 518. The van der Waals surface area contributed by atoms with Crippen molar-refractivity contribution in [2.75, 3.05) is 33.4 Å². The molecule has 0 spiro atoms. The molecule has 144 valence electrons. The molecule has 1 aliphatic rings. The zero-order valence-electron chi connectivity index (χ0n) is 15.3. The second-order valence-corrected chi connectivity index (χ2v) is 8.26. The quantitative estimate of drug-likeness (QED) is 0.224. The van der Waals surface area contributed by atoms with Crippen LogP contribution in [0.25, 0.3) is 0 Å². The maximum absolute atomic E-state index is 5.97. The highest BCUT2D eigenvalue weighted by molar-refractivity contribution is 14.0. The van der Waals surface area contributed by atoms with Crippen molar-refractivity contribution >= 4 is 52.9 Å². The number of thiophene rings is 1. The number of guanidine groups is 1. The largest absolute Gasteiger partial charge is 0.382 e. The van der Waals surface area contributed by atoms with E-state index in [4.69, 9.17) is 16.3 Å². The monoisotopic (exact) mass is 499 g/mol. The molecule has 1 aromatic rings. The summed E-state index contributed by atoms with van der Waals surface area (Å²) in [7, 11) is 1.83. The molecule has 4 nitrogen and oxygen atoms in total. The number of ether oxygens (including phenoxy) is 1. The van der Waals surface area contributed by atoms with Gasteiger partial charge in [0.25, 0.3) is 0 Å². The number of nitrogens with zero attached hydrogens (tertiary/aromatic N) is 1. The van der Waals surface area contributed by atoms with Crippen molar-refractivity contribution in [2.24, 2.45) is 10.4 Å². The highest BCUT2D eigenvalue weighted by atomic mass is 127. The van der Waals surface area contributed by atoms with Crippen molar-refractivity contribution < 1.29 is 4.74 Å². The number of hydrogen-bond donors (Lipinski definition) is 2. The minimum atomic E-state index is 0. The number of nitrogens with one attached hydrogen (secondary N) is 2. The minimum absolute atomic E-state index is 0. The van der Waals surface area contributed by atoms with E-state index in [1.165, 1.54) is 30.6 Å². The first kappa shape index (κ1) is 23.0. The van der Waals surface area contributed by atoms with Crippen LogP contribution < -0.4 is 10.6 Å². The van der Waals surface area contributed by atoms with E-state index in [0.29, 0.717) is 5.41 Å². The van der Waals surface area contributed by atoms with Crippen LogP contribution in [0, 0.1) is 5.41 Å². The van der Waals surface area contributed by atoms with Crippen LogP contribution in [-0.2, 0) is 11.2 Å². The number of aliphatic imine (C=N–C) groups is 1. The lowest BCUT2D eigenvalue weighted by Gasteiger charge is -2.30. The lowest BCUT2D eigenvalue weighted by molar-refractivity contribution is 0.105. The van der Waals surface area contributed by atoms with Crippen molar-refractivity contribution in [2.45, 2.75) is 45.4 Å². The summed E-state index contributed by atoms with van der Waals surface area (Å²) < 4.78 is 6.44. The summed E-state index contributed by atoms with van der Waals surface area (Å²) in [6, 6.07) is 4.04. The van der Waals surface area contributed by atoms with Crippen molar-refractivity contribution in [3.63, 3.8) is 0 Å². The van der Waals surface area contributed by atoms with Crippen LogP contribution in [0.1, 0.15) is 43.9 Å². The molecule has 2 N–H and O–H groups in total. The summed E-state index contributed by atoms with van der Waals surface area (Å²) >= 11 is 7.61. The Morgan fingerprint density at radius 3 is 2.68 bits per heavy atom. The van der Waals surface area contributed by atoms with Crippen LogP contribution in [-0.4, -0.2) is 39.3 Å². The highest BCUT2D eigenvalue weighted by Crippen LogP contribution is 2.40. The Labute approximate surface area is 178 Å². The smallest absolute Gasteiger partial charge is 0.191 e. The molecule has 0 aromatic carbocycles. The molecule has 0 unspecified atom stereocenters. The molecule has 7 heteroatoms. The van der Waals surface area contributed by atoms with E-state index >= 15 is 0 Å². The van der Waals surface area contributed by atoms with Gasteiger partial charge in [-0.1, -0.05) is 24.4 Å². The summed E-state index contributed by atoms with van der Waals surface area (Å²) in [5, 5.41) is 6.94. The Balaban J connectivity index is 0.00000312. The van der Waals surface area contributed by atoms with Gasteiger partial charge in [-0.2, -0.15) is 0 Å². The summed E-state index contributed by atoms with van der Waals surface area (Å²) in [5.41, 5.74) is 0.369. The van der Waals surface area contributed by atoms with E-state index in [-0.39, 0.29) is 24.0 Å². The third-order valence-electron chi connectivity index (χ3n) is 4.79. The molecular weight excluding hydrogens is 469 g/mol. The molecule has 0 bridgehead atoms. The molecule has 0 radical (unpaired) electrons. The van der Waals surface area contributed by atoms with Crippen LogP contribution >= 0.6 is 46.9 Å². The van der Waals surface area contributed by atoms with Gasteiger partial charge in [-0.25, -0.2) is 0 Å². The van der Waals surface area contributed by atoms with Gasteiger partial charge in [0.15, 0.2) is 5.96 Å². The first-order valence-corrected chi connectivity index (χ1v) is 10.1. The molecule has 1 heterocycles. The van der Waals surface area contributed by atoms with E-state index in [9.17, 15) is 0 Å². The van der Waals surface area contributed by atoms with Crippen LogP contribution in [0.4, 0.5) is 0 Å². The van der Waals surface area contributed by atoms with Crippen LogP contribution in [0.3, 0.4) is 0 Å². The van der Waals surface area contributed by atoms with Crippen molar-refractivity contribution in [3.05, 3.63) is 21.3 Å². The van der Waals surface area contributed by atoms with Gasteiger partial charge < -0.3 is 15.4 Å². The topological polar surface area (TPSA) is 45.6 Å². The zero-order chi connectivity index (χ0) is 17.3. The molecule has 1 aromatic heterocycles. The van der Waals surface area contributed by atoms with Crippen molar-refractivity contribution in [1.29, 1.82) is 0 Å². The van der Waals surface area contributed by atoms with Crippen LogP contribution in [0.2, 0.25) is 4.34 Å². The van der Waals surface area contributed by atoms with E-state index in [2.05, 4.69) is 28.6 Å². The summed E-state index contributed by atoms with van der Waals surface area (Å²) in [5.74, 6) is 0.889. The van der Waals surface area contributed by atoms with Gasteiger partial charge in [-0.15, -0.1) is 35.3 Å². The Morgan fingerprint density at radius 2 is 2.08 bits per heavy atom. The molecular formula is C18H31ClIN3OS. The van der Waals surface area contributed by atoms with Crippen molar-refractivity contribution in [3.8, 4) is 0 Å². The lowest BCUT2D eigenvalue weighted by Crippen LogP contribution is -2.43. The summed E-state index contributed by atoms with van der Waals surface area (Å²) in [4.78, 5) is 5.65. The molecule has 2 rings (SSSR count). The predicted octanol–water partition coefficient (Wildman–Crippen LogP) is 4.71. The maximum Gasteiger partial charge on any atom is 0.191 e. The van der Waals surface area contributed by atoms with Gasteiger partial charge >= 0.3 is 0 Å². The lowest BCUT2D eigenvalue weighted by atomic mass is 9.83. The van der Waals surface area contributed by atoms with Crippen molar-refractivity contribution in [1.82, 2.24) is 10.6 Å². The maximum atomic E-state index is 5.97. The fourth-order valence-electron chi connectivity index (χ4n) is 3.36. The standard InChI is InChI=1S/C18H30ClN3OS.HI/c1-3-23-13-11-18(9-4-5-10-18)14-22-17(20-2)21-12-8-15-6-7-16(19)24-15;/h6-7H,3-5,8-14H2,1-2H3,(H2,20,21,22);1H. The number of hydrogen-bond acceptors (Lipinski definition) is 3. The predicted molar refractivity (Wildman–Crippen MR) is 120 cm³/mol. The number of halogens is 2. The third kappa shape index (κ3) is 8.01. The molecule has 1 aliphatic carbocycles. The molecule has 0 atom stereocenters. The fourth-order valence-corrected chi connectivity index (χ4v) is 4.44. The fraction of sp³-hybridized carbons (Fsp3) is 0.722. The normalized spacial score (nSPS) is 16.5. The van der Waals surface area contributed by atoms with Gasteiger partial charge in [0.1, 0.15) is 0 Å². The van der Waals surface area contributed by atoms with Gasteiger partial charge in [0.2, 0.25) is 0 Å². The molecule has 0 saturated heterocycles. The molecule has 1 fully saturated rings. The van der Waals surface area contributed by atoms with E-state index in [1.54, 1.807) is 11.3 Å². The van der Waals surface area contributed by atoms with Crippen LogP contribution in [0.5, 0.6) is 0 Å². The minimum Gasteiger partial charge on any atom is -0.382 e. The molecule has 25 heavy (non-hydrogen) atoms. The highest BCUT2D eigenvalue weighted by Gasteiger charge is 2.33. The van der Waals surface area contributed by atoms with Crippen LogP contribution in [0.15, 0.2) is 17.1 Å². The Morgan fingerprint density at radius 1 is 1.32 bits per heavy atom. The molecule has 0 aliphatic heterocycles. The zero-order valence-corrected chi connectivity index (χ0v) is 19.2. The number of rotatable bonds is 9. The Kier molecular flexibility index (Phi) is 11.4. The average molecular weight is 500 g/mol. The summed E-state index contributed by atoms with van der Waals surface area (Å²) in [6.45, 7) is 5.57. The van der Waals surface area contributed by atoms with Gasteiger partial charge in [-0.3, -0.25) is 4.99 Å². The Hall–Kier alpha value is -0.0500. The SMILES string of the molecule is CCOCCC1(CNC(=NC)NCCc2ccc(Cl)s2)CCCC1.I. The first-order chi connectivity index (χ1) is 11.7. The van der Waals surface area contributed by atoms with Gasteiger partial charge in [0.05, 0.1) is 4.34 Å².